The molecule has 1 N–H and O–H groups in total. The minimum absolute atomic E-state index is 0.238. The molecule has 0 amide bonds. The van der Waals surface area contributed by atoms with Crippen LogP contribution < -0.4 is 4.90 Å². The summed E-state index contributed by atoms with van der Waals surface area (Å²) in [6, 6.07) is 8.95. The van der Waals surface area contributed by atoms with Gasteiger partial charge in [0.25, 0.3) is 0 Å². The molecule has 0 aliphatic carbocycles. The molecule has 3 aromatic rings. The Morgan fingerprint density at radius 3 is 2.88 bits per heavy atom. The standard InChI is InChI=1S/C17H18N4O3/c1-3-24-17(23)13-10-18-21-9-8-15(19-16(13)21)20(2)11-12-6-4-5-7-14(12)22/h4-10,22H,3,11H2,1-2H3. The van der Waals surface area contributed by atoms with Gasteiger partial charge in [0.05, 0.1) is 12.8 Å². The van der Waals surface area contributed by atoms with Crippen molar-refractivity contribution >= 4 is 17.4 Å². The summed E-state index contributed by atoms with van der Waals surface area (Å²) in [5.41, 5.74) is 1.56. The van der Waals surface area contributed by atoms with Crippen LogP contribution in [-0.4, -0.2) is 39.3 Å². The Morgan fingerprint density at radius 2 is 2.12 bits per heavy atom. The first-order valence-corrected chi connectivity index (χ1v) is 7.59. The van der Waals surface area contributed by atoms with Gasteiger partial charge in [-0.2, -0.15) is 5.10 Å². The molecule has 0 atom stereocenters. The number of hydrogen-bond acceptors (Lipinski definition) is 6. The number of nitrogens with zero attached hydrogens (tertiary/aromatic N) is 4. The maximum absolute atomic E-state index is 12.0. The van der Waals surface area contributed by atoms with Crippen molar-refractivity contribution in [3.63, 3.8) is 0 Å². The van der Waals surface area contributed by atoms with Gasteiger partial charge in [0.15, 0.2) is 5.65 Å². The summed E-state index contributed by atoms with van der Waals surface area (Å²) < 4.78 is 6.56. The molecule has 1 aromatic carbocycles. The fourth-order valence-electron chi connectivity index (χ4n) is 2.41. The van der Waals surface area contributed by atoms with Crippen LogP contribution in [0.5, 0.6) is 5.75 Å². The highest BCUT2D eigenvalue weighted by Crippen LogP contribution is 2.21. The minimum atomic E-state index is -0.444. The fourth-order valence-corrected chi connectivity index (χ4v) is 2.41. The number of benzene rings is 1. The van der Waals surface area contributed by atoms with E-state index in [2.05, 4.69) is 10.1 Å². The Kier molecular flexibility index (Phi) is 4.33. The lowest BCUT2D eigenvalue weighted by Gasteiger charge is -2.19. The van der Waals surface area contributed by atoms with Crippen LogP contribution in [0.1, 0.15) is 22.8 Å². The maximum Gasteiger partial charge on any atom is 0.343 e. The van der Waals surface area contributed by atoms with E-state index in [4.69, 9.17) is 4.74 Å². The van der Waals surface area contributed by atoms with E-state index in [0.717, 1.165) is 5.56 Å². The van der Waals surface area contributed by atoms with Crippen molar-refractivity contribution in [3.05, 3.63) is 53.9 Å². The second kappa shape index (κ2) is 6.57. The number of para-hydroxylation sites is 1. The van der Waals surface area contributed by atoms with Gasteiger partial charge in [-0.25, -0.2) is 14.3 Å². The van der Waals surface area contributed by atoms with Crippen LogP contribution in [0.3, 0.4) is 0 Å². The van der Waals surface area contributed by atoms with Crippen molar-refractivity contribution < 1.29 is 14.6 Å². The third-order valence-electron chi connectivity index (χ3n) is 3.64. The first kappa shape index (κ1) is 15.8. The number of rotatable bonds is 5. The minimum Gasteiger partial charge on any atom is -0.508 e. The molecular weight excluding hydrogens is 308 g/mol. The Balaban J connectivity index is 1.90. The first-order valence-electron chi connectivity index (χ1n) is 7.59. The van der Waals surface area contributed by atoms with Gasteiger partial charge in [0.2, 0.25) is 0 Å². The second-order valence-corrected chi connectivity index (χ2v) is 5.32. The van der Waals surface area contributed by atoms with Crippen molar-refractivity contribution in [1.82, 2.24) is 14.6 Å². The third kappa shape index (κ3) is 3.01. The molecule has 0 fully saturated rings. The number of phenolic OH excluding ortho intramolecular Hbond substituents is 1. The van der Waals surface area contributed by atoms with Gasteiger partial charge < -0.3 is 14.7 Å². The number of carbonyl (C=O) groups is 1. The molecule has 0 aliphatic rings. The summed E-state index contributed by atoms with van der Waals surface area (Å²) in [7, 11) is 1.87. The van der Waals surface area contributed by atoms with Crippen LogP contribution in [0.2, 0.25) is 0 Å². The van der Waals surface area contributed by atoms with E-state index >= 15 is 0 Å². The van der Waals surface area contributed by atoms with Crippen molar-refractivity contribution in [2.75, 3.05) is 18.6 Å². The average molecular weight is 326 g/mol. The lowest BCUT2D eigenvalue weighted by atomic mass is 10.2. The SMILES string of the molecule is CCOC(=O)c1cnn2ccc(N(C)Cc3ccccc3O)nc12. The molecule has 2 aromatic heterocycles. The molecule has 3 rings (SSSR count). The topological polar surface area (TPSA) is 80.0 Å². The molecule has 0 saturated heterocycles. The van der Waals surface area contributed by atoms with Crippen molar-refractivity contribution in [2.24, 2.45) is 0 Å². The summed E-state index contributed by atoms with van der Waals surface area (Å²) in [4.78, 5) is 18.4. The molecule has 0 saturated carbocycles. The summed E-state index contributed by atoms with van der Waals surface area (Å²) >= 11 is 0. The van der Waals surface area contributed by atoms with Crippen LogP contribution >= 0.6 is 0 Å². The number of anilines is 1. The lowest BCUT2D eigenvalue weighted by molar-refractivity contribution is 0.0528. The number of phenols is 1. The number of hydrogen-bond donors (Lipinski definition) is 1. The molecule has 0 radical (unpaired) electrons. The number of ether oxygens (including phenoxy) is 1. The summed E-state index contributed by atoms with van der Waals surface area (Å²) in [5, 5.41) is 14.0. The van der Waals surface area contributed by atoms with Crippen LogP contribution in [0.25, 0.3) is 5.65 Å². The normalized spacial score (nSPS) is 10.8. The Morgan fingerprint density at radius 1 is 1.33 bits per heavy atom. The quantitative estimate of drug-likeness (QED) is 0.724. The lowest BCUT2D eigenvalue weighted by Crippen LogP contribution is -2.18. The van der Waals surface area contributed by atoms with E-state index in [1.807, 2.05) is 24.1 Å². The predicted molar refractivity (Wildman–Crippen MR) is 89.2 cm³/mol. The number of esters is 1. The van der Waals surface area contributed by atoms with E-state index in [9.17, 15) is 9.90 Å². The molecule has 2 heterocycles. The monoisotopic (exact) mass is 326 g/mol. The highest BCUT2D eigenvalue weighted by Gasteiger charge is 2.16. The number of aromatic nitrogens is 3. The van der Waals surface area contributed by atoms with Gasteiger partial charge >= 0.3 is 5.97 Å². The average Bonchev–Trinajstić information content (AvgIpc) is 3.00. The van der Waals surface area contributed by atoms with E-state index in [-0.39, 0.29) is 5.75 Å². The highest BCUT2D eigenvalue weighted by atomic mass is 16.5. The number of aromatic hydroxyl groups is 1. The Labute approximate surface area is 139 Å². The van der Waals surface area contributed by atoms with Crippen molar-refractivity contribution in [2.45, 2.75) is 13.5 Å². The molecule has 0 spiro atoms. The van der Waals surface area contributed by atoms with Gasteiger partial charge in [-0.1, -0.05) is 18.2 Å². The van der Waals surface area contributed by atoms with Crippen LogP contribution in [-0.2, 0) is 11.3 Å². The number of fused-ring (bicyclic) bond motifs is 1. The summed E-state index contributed by atoms with van der Waals surface area (Å²) in [5.74, 6) is 0.458. The highest BCUT2D eigenvalue weighted by molar-refractivity contribution is 5.95. The zero-order valence-corrected chi connectivity index (χ0v) is 13.5. The smallest absolute Gasteiger partial charge is 0.343 e. The Bertz CT molecular complexity index is 875. The molecule has 0 bridgehead atoms. The van der Waals surface area contributed by atoms with Crippen LogP contribution in [0.4, 0.5) is 5.82 Å². The van der Waals surface area contributed by atoms with Crippen LogP contribution in [0.15, 0.2) is 42.7 Å². The molecule has 0 aliphatic heterocycles. The van der Waals surface area contributed by atoms with Gasteiger partial charge in [-0.05, 0) is 19.1 Å². The van der Waals surface area contributed by atoms with Crippen molar-refractivity contribution in [1.29, 1.82) is 0 Å². The van der Waals surface area contributed by atoms with E-state index < -0.39 is 5.97 Å². The van der Waals surface area contributed by atoms with Gasteiger partial charge in [-0.3, -0.25) is 0 Å². The zero-order valence-electron chi connectivity index (χ0n) is 13.5. The number of carbonyl (C=O) groups excluding carboxylic acids is 1. The zero-order chi connectivity index (χ0) is 17.1. The Hall–Kier alpha value is -3.09. The van der Waals surface area contributed by atoms with Gasteiger partial charge in [0.1, 0.15) is 17.1 Å². The summed E-state index contributed by atoms with van der Waals surface area (Å²) in [6.45, 7) is 2.53. The molecule has 24 heavy (non-hydrogen) atoms. The second-order valence-electron chi connectivity index (χ2n) is 5.32. The third-order valence-corrected chi connectivity index (χ3v) is 3.64. The summed E-state index contributed by atoms with van der Waals surface area (Å²) in [6.07, 6.45) is 3.19. The molecule has 7 nitrogen and oxygen atoms in total. The predicted octanol–water partition coefficient (Wildman–Crippen LogP) is 2.25. The van der Waals surface area contributed by atoms with Gasteiger partial charge in [0, 0.05) is 25.4 Å². The van der Waals surface area contributed by atoms with E-state index in [1.54, 1.807) is 31.3 Å². The largest absolute Gasteiger partial charge is 0.508 e. The first-order chi connectivity index (χ1) is 11.6. The molecule has 0 unspecified atom stereocenters. The molecule has 7 heteroatoms. The maximum atomic E-state index is 12.0. The fraction of sp³-hybridized carbons (Fsp3) is 0.235. The molecular formula is C17H18N4O3. The van der Waals surface area contributed by atoms with E-state index in [0.29, 0.717) is 30.2 Å². The van der Waals surface area contributed by atoms with Crippen LogP contribution in [0, 0.1) is 0 Å². The van der Waals surface area contributed by atoms with Gasteiger partial charge in [-0.15, -0.1) is 0 Å². The molecule has 124 valence electrons. The van der Waals surface area contributed by atoms with Crippen molar-refractivity contribution in [3.8, 4) is 5.75 Å². The van der Waals surface area contributed by atoms with E-state index in [1.165, 1.54) is 10.7 Å².